The fraction of sp³-hybridized carbons (Fsp3) is 0.270. The Bertz CT molecular complexity index is 1820. The largest absolute Gasteiger partial charge is 0.449 e. The van der Waals surface area contributed by atoms with Crippen LogP contribution in [0.3, 0.4) is 0 Å². The average molecular weight is 638 g/mol. The molecular formula is C37H36FN3O4S. The summed E-state index contributed by atoms with van der Waals surface area (Å²) in [6.07, 6.45) is 6.33. The summed E-state index contributed by atoms with van der Waals surface area (Å²) < 4.78 is 20.8. The maximum atomic E-state index is 13.9. The highest BCUT2D eigenvalue weighted by Gasteiger charge is 2.42. The second kappa shape index (κ2) is 13.0. The van der Waals surface area contributed by atoms with Crippen LogP contribution in [0.15, 0.2) is 90.0 Å². The first-order valence-corrected chi connectivity index (χ1v) is 16.3. The molecule has 2 aliphatic rings. The van der Waals surface area contributed by atoms with Gasteiger partial charge in [-0.15, -0.1) is 11.3 Å². The van der Waals surface area contributed by atoms with Gasteiger partial charge in [-0.2, -0.15) is 0 Å². The molecule has 9 heteroatoms. The van der Waals surface area contributed by atoms with E-state index in [0.717, 1.165) is 27.3 Å². The number of aromatic nitrogens is 1. The van der Waals surface area contributed by atoms with Gasteiger partial charge in [-0.05, 0) is 74.2 Å². The molecule has 1 aliphatic carbocycles. The predicted molar refractivity (Wildman–Crippen MR) is 177 cm³/mol. The van der Waals surface area contributed by atoms with E-state index in [1.807, 2.05) is 79.9 Å². The van der Waals surface area contributed by atoms with Crippen molar-refractivity contribution in [1.82, 2.24) is 14.8 Å². The predicted octanol–water partition coefficient (Wildman–Crippen LogP) is 7.05. The number of Topliss-reactive ketones (excluding diaryl/α,β-unsaturated/α-hetero) is 1. The molecule has 1 atom stereocenters. The van der Waals surface area contributed by atoms with Crippen molar-refractivity contribution < 1.29 is 23.5 Å². The number of ether oxygens (including phenoxy) is 1. The molecule has 0 saturated carbocycles. The Balaban J connectivity index is 1.46. The molecule has 1 unspecified atom stereocenters. The molecule has 2 aromatic heterocycles. The Hall–Kier alpha value is -4.60. The lowest BCUT2D eigenvalue weighted by Gasteiger charge is -2.38. The van der Waals surface area contributed by atoms with E-state index in [1.54, 1.807) is 27.7 Å². The zero-order valence-corrected chi connectivity index (χ0v) is 26.9. The average Bonchev–Trinajstić information content (AvgIpc) is 3.60. The smallest absolute Gasteiger partial charge is 0.418 e. The maximum Gasteiger partial charge on any atom is 0.418 e. The van der Waals surface area contributed by atoms with Gasteiger partial charge in [0.05, 0.1) is 25.6 Å². The molecule has 0 bridgehead atoms. The first-order valence-electron chi connectivity index (χ1n) is 15.4. The summed E-state index contributed by atoms with van der Waals surface area (Å²) in [6.45, 7) is 6.31. The highest BCUT2D eigenvalue weighted by molar-refractivity contribution is 7.10. The number of halogens is 1. The summed E-state index contributed by atoms with van der Waals surface area (Å²) in [5.41, 5.74) is 4.50. The van der Waals surface area contributed by atoms with Gasteiger partial charge in [-0.25, -0.2) is 9.18 Å². The number of carbonyl (C=O) groups is 3. The van der Waals surface area contributed by atoms with Crippen LogP contribution in [0.2, 0.25) is 0 Å². The maximum absolute atomic E-state index is 13.9. The van der Waals surface area contributed by atoms with Crippen LogP contribution in [-0.2, 0) is 40.9 Å². The minimum Gasteiger partial charge on any atom is -0.449 e. The van der Waals surface area contributed by atoms with Gasteiger partial charge in [0.15, 0.2) is 5.78 Å². The number of nitrogens with zero attached hydrogens (tertiary/aromatic N) is 2. The number of amides is 1. The van der Waals surface area contributed by atoms with Crippen molar-refractivity contribution in [1.29, 1.82) is 0 Å². The molecule has 46 heavy (non-hydrogen) atoms. The first-order chi connectivity index (χ1) is 22.2. The molecule has 0 fully saturated rings. The van der Waals surface area contributed by atoms with Crippen molar-refractivity contribution in [3.05, 3.63) is 134 Å². The molecule has 236 valence electrons. The molecule has 6 rings (SSSR count). The second-order valence-electron chi connectivity index (χ2n) is 12.0. The van der Waals surface area contributed by atoms with Crippen molar-refractivity contribution in [2.24, 2.45) is 0 Å². The fourth-order valence-electron chi connectivity index (χ4n) is 6.48. The van der Waals surface area contributed by atoms with Gasteiger partial charge >= 0.3 is 6.09 Å². The van der Waals surface area contributed by atoms with E-state index in [-0.39, 0.29) is 31.1 Å². The molecule has 3 heterocycles. The third-order valence-corrected chi connectivity index (χ3v) is 9.33. The minimum atomic E-state index is -0.743. The molecule has 4 aromatic rings. The third kappa shape index (κ3) is 6.25. The highest BCUT2D eigenvalue weighted by Crippen LogP contribution is 2.40. The lowest BCUT2D eigenvalue weighted by atomic mass is 9.81. The van der Waals surface area contributed by atoms with Gasteiger partial charge in [0, 0.05) is 57.0 Å². The summed E-state index contributed by atoms with van der Waals surface area (Å²) in [6, 6.07) is 18.6. The Labute approximate surface area is 272 Å². The van der Waals surface area contributed by atoms with E-state index in [0.29, 0.717) is 29.9 Å². The zero-order valence-electron chi connectivity index (χ0n) is 26.1. The molecule has 1 amide bonds. The standard InChI is InChI=1S/C37H36FN3O4S/c1-4-45-36(44)41-31-14-8-12-27(40(23-24-10-6-5-7-11-24)33(42)21-28-13-9-19-46-28)20-29(31)34-32(41)22-30(39-37(34,2)3)35(43)25-15-17-26(38)18-16-25/h5-13,15-20,30,39H,4,14,21-23H2,1-3H3. The van der Waals surface area contributed by atoms with E-state index in [1.165, 1.54) is 24.3 Å². The van der Waals surface area contributed by atoms with Crippen LogP contribution < -0.4 is 5.32 Å². The third-order valence-electron chi connectivity index (χ3n) is 8.46. The van der Waals surface area contributed by atoms with E-state index < -0.39 is 23.5 Å². The lowest BCUT2D eigenvalue weighted by Crippen LogP contribution is -2.53. The molecule has 0 saturated heterocycles. The lowest BCUT2D eigenvalue weighted by molar-refractivity contribution is -0.128. The van der Waals surface area contributed by atoms with Gasteiger partial charge in [0.25, 0.3) is 0 Å². The number of thiophene rings is 1. The number of ketones is 1. The van der Waals surface area contributed by atoms with Crippen LogP contribution >= 0.6 is 11.3 Å². The van der Waals surface area contributed by atoms with Crippen LogP contribution in [0.25, 0.3) is 6.08 Å². The van der Waals surface area contributed by atoms with E-state index in [9.17, 15) is 18.8 Å². The number of carbonyl (C=O) groups excluding carboxylic acids is 3. The Morgan fingerprint density at radius 3 is 2.50 bits per heavy atom. The first kappa shape index (κ1) is 31.4. The van der Waals surface area contributed by atoms with Crippen LogP contribution in [-0.4, -0.2) is 39.9 Å². The van der Waals surface area contributed by atoms with Crippen molar-refractivity contribution in [3.63, 3.8) is 0 Å². The van der Waals surface area contributed by atoms with Crippen LogP contribution in [0.5, 0.6) is 0 Å². The summed E-state index contributed by atoms with van der Waals surface area (Å²) in [5, 5.41) is 5.48. The monoisotopic (exact) mass is 637 g/mol. The zero-order chi connectivity index (χ0) is 32.4. The number of nitrogens with one attached hydrogen (secondary N) is 1. The summed E-state index contributed by atoms with van der Waals surface area (Å²) in [4.78, 5) is 44.0. The number of fused-ring (bicyclic) bond motifs is 3. The topological polar surface area (TPSA) is 80.6 Å². The fourth-order valence-corrected chi connectivity index (χ4v) is 7.17. The van der Waals surface area contributed by atoms with Gasteiger partial charge in [-0.1, -0.05) is 42.5 Å². The van der Waals surface area contributed by atoms with Crippen molar-refractivity contribution in [2.45, 2.75) is 58.2 Å². The summed E-state index contributed by atoms with van der Waals surface area (Å²) >= 11 is 1.55. The summed E-state index contributed by atoms with van der Waals surface area (Å²) in [5.74, 6) is -0.636. The van der Waals surface area contributed by atoms with Crippen LogP contribution in [0.1, 0.15) is 64.1 Å². The van der Waals surface area contributed by atoms with Crippen molar-refractivity contribution >= 4 is 35.2 Å². The number of hydrogen-bond acceptors (Lipinski definition) is 6. The highest BCUT2D eigenvalue weighted by atomic mass is 32.1. The summed E-state index contributed by atoms with van der Waals surface area (Å²) in [7, 11) is 0. The van der Waals surface area contributed by atoms with E-state index in [2.05, 4.69) is 5.32 Å². The number of benzene rings is 2. The van der Waals surface area contributed by atoms with Crippen molar-refractivity contribution in [2.75, 3.05) is 6.61 Å². The molecular weight excluding hydrogens is 601 g/mol. The van der Waals surface area contributed by atoms with Gasteiger partial charge in [0.2, 0.25) is 5.91 Å². The number of allylic oxidation sites excluding steroid dienone is 2. The number of rotatable bonds is 8. The van der Waals surface area contributed by atoms with Crippen LogP contribution in [0, 0.1) is 5.82 Å². The SMILES string of the molecule is CCOC(=O)n1c2c(c3c1CC(C(=O)c1ccc(F)cc1)NC3(C)C)C=C(N(Cc1ccccc1)C(=O)Cc1cccs1)C=CC2. The Kier molecular flexibility index (Phi) is 8.88. The Morgan fingerprint density at radius 1 is 1.04 bits per heavy atom. The molecule has 7 nitrogen and oxygen atoms in total. The van der Waals surface area contributed by atoms with Gasteiger partial charge < -0.3 is 9.64 Å². The molecule has 1 aliphatic heterocycles. The van der Waals surface area contributed by atoms with Gasteiger partial charge in [-0.3, -0.25) is 19.5 Å². The van der Waals surface area contributed by atoms with Gasteiger partial charge in [0.1, 0.15) is 5.82 Å². The second-order valence-corrected chi connectivity index (χ2v) is 13.0. The van der Waals surface area contributed by atoms with E-state index >= 15 is 0 Å². The molecule has 1 N–H and O–H groups in total. The minimum absolute atomic E-state index is 0.0355. The number of hydrogen-bond donors (Lipinski definition) is 1. The van der Waals surface area contributed by atoms with Crippen molar-refractivity contribution in [3.8, 4) is 0 Å². The molecule has 0 spiro atoms. The van der Waals surface area contributed by atoms with E-state index in [4.69, 9.17) is 4.74 Å². The molecule has 0 radical (unpaired) electrons. The normalized spacial score (nSPS) is 16.5. The van der Waals surface area contributed by atoms with Crippen LogP contribution in [0.4, 0.5) is 9.18 Å². The Morgan fingerprint density at radius 2 is 1.80 bits per heavy atom. The quantitative estimate of drug-likeness (QED) is 0.210. The molecule has 2 aromatic carbocycles.